The molecule has 0 aromatic heterocycles. The topological polar surface area (TPSA) is 18.5 Å². The van der Waals surface area contributed by atoms with Crippen LogP contribution in [-0.2, 0) is 0 Å². The van der Waals surface area contributed by atoms with E-state index in [0.717, 1.165) is 25.2 Å². The van der Waals surface area contributed by atoms with Crippen molar-refractivity contribution in [2.45, 2.75) is 58.0 Å². The fraction of sp³-hybridized carbons (Fsp3) is 0.647. The third kappa shape index (κ3) is 3.25. The van der Waals surface area contributed by atoms with Crippen molar-refractivity contribution < 1.29 is 13.9 Å². The van der Waals surface area contributed by atoms with Crippen LogP contribution in [0.25, 0.3) is 0 Å². The van der Waals surface area contributed by atoms with Gasteiger partial charge in [0.25, 0.3) is 0 Å². The van der Waals surface area contributed by atoms with Gasteiger partial charge in [-0.2, -0.15) is 0 Å². The van der Waals surface area contributed by atoms with E-state index in [1.807, 2.05) is 6.07 Å². The maximum atomic E-state index is 14.3. The molecule has 110 valence electrons. The number of hydrogen-bond acceptors (Lipinski definition) is 2. The molecule has 3 rings (SSSR count). The minimum Gasteiger partial charge on any atom is -0.493 e. The third-order valence-electron chi connectivity index (χ3n) is 4.38. The lowest BCUT2D eigenvalue weighted by Gasteiger charge is -2.16. The molecule has 2 fully saturated rings. The molecule has 2 aliphatic carbocycles. The molecule has 0 spiro atoms. The molecular formula is C17H23FO2. The number of hydrogen-bond donors (Lipinski definition) is 0. The Labute approximate surface area is 120 Å². The van der Waals surface area contributed by atoms with Gasteiger partial charge in [-0.3, -0.25) is 0 Å². The lowest BCUT2D eigenvalue weighted by atomic mass is 10.2. The highest BCUT2D eigenvalue weighted by Gasteiger charge is 2.22. The Morgan fingerprint density at radius 3 is 2.50 bits per heavy atom. The largest absolute Gasteiger partial charge is 0.493 e. The van der Waals surface area contributed by atoms with Crippen LogP contribution in [0.5, 0.6) is 11.5 Å². The first-order valence-corrected chi connectivity index (χ1v) is 7.82. The van der Waals surface area contributed by atoms with E-state index in [-0.39, 0.29) is 11.9 Å². The molecule has 2 aliphatic rings. The molecule has 3 heteroatoms. The third-order valence-corrected chi connectivity index (χ3v) is 4.38. The van der Waals surface area contributed by atoms with Crippen molar-refractivity contribution in [2.75, 3.05) is 6.61 Å². The van der Waals surface area contributed by atoms with Crippen molar-refractivity contribution >= 4 is 0 Å². The van der Waals surface area contributed by atoms with Gasteiger partial charge in [-0.1, -0.05) is 12.8 Å². The summed E-state index contributed by atoms with van der Waals surface area (Å²) in [6.07, 6.45) is 8.37. The first kappa shape index (κ1) is 13.7. The maximum Gasteiger partial charge on any atom is 0.171 e. The molecule has 0 heterocycles. The van der Waals surface area contributed by atoms with Gasteiger partial charge >= 0.3 is 0 Å². The van der Waals surface area contributed by atoms with E-state index in [2.05, 4.69) is 0 Å². The molecule has 0 saturated heterocycles. The summed E-state index contributed by atoms with van der Waals surface area (Å²) in [7, 11) is 0. The van der Waals surface area contributed by atoms with Crippen molar-refractivity contribution in [3.63, 3.8) is 0 Å². The van der Waals surface area contributed by atoms with Crippen LogP contribution in [-0.4, -0.2) is 12.7 Å². The lowest BCUT2D eigenvalue weighted by Crippen LogP contribution is -2.12. The van der Waals surface area contributed by atoms with E-state index in [1.54, 1.807) is 13.0 Å². The van der Waals surface area contributed by atoms with E-state index in [4.69, 9.17) is 9.47 Å². The standard InChI is InChI=1S/C17H23FO2/c1-12-15(19-11-10-13-6-7-13)8-9-16(17(12)18)20-14-4-2-3-5-14/h8-9,13-14H,2-7,10-11H2,1H3. The molecule has 0 atom stereocenters. The number of benzene rings is 1. The van der Waals surface area contributed by atoms with Gasteiger partial charge in [-0.25, -0.2) is 4.39 Å². The highest BCUT2D eigenvalue weighted by atomic mass is 19.1. The molecular weight excluding hydrogens is 255 g/mol. The zero-order valence-corrected chi connectivity index (χ0v) is 12.2. The summed E-state index contributed by atoms with van der Waals surface area (Å²) in [6, 6.07) is 3.56. The Hall–Kier alpha value is -1.25. The van der Waals surface area contributed by atoms with Gasteiger partial charge in [0.15, 0.2) is 11.6 Å². The molecule has 1 aromatic rings. The zero-order valence-electron chi connectivity index (χ0n) is 12.2. The van der Waals surface area contributed by atoms with E-state index in [9.17, 15) is 4.39 Å². The van der Waals surface area contributed by atoms with Crippen LogP contribution in [0.4, 0.5) is 4.39 Å². The van der Waals surface area contributed by atoms with Gasteiger partial charge in [-0.05, 0) is 57.1 Å². The van der Waals surface area contributed by atoms with Crippen molar-refractivity contribution in [1.82, 2.24) is 0 Å². The first-order chi connectivity index (χ1) is 9.74. The van der Waals surface area contributed by atoms with Crippen LogP contribution in [0.2, 0.25) is 0 Å². The van der Waals surface area contributed by atoms with E-state index < -0.39 is 0 Å². The van der Waals surface area contributed by atoms with Crippen molar-refractivity contribution in [1.29, 1.82) is 0 Å². The second-order valence-electron chi connectivity index (χ2n) is 6.11. The number of halogens is 1. The Kier molecular flexibility index (Phi) is 4.13. The van der Waals surface area contributed by atoms with Gasteiger partial charge in [0, 0.05) is 5.56 Å². The van der Waals surface area contributed by atoms with Crippen LogP contribution >= 0.6 is 0 Å². The zero-order chi connectivity index (χ0) is 13.9. The summed E-state index contributed by atoms with van der Waals surface area (Å²) in [4.78, 5) is 0. The predicted octanol–water partition coefficient (Wildman–Crippen LogP) is 4.63. The highest BCUT2D eigenvalue weighted by Crippen LogP contribution is 2.34. The smallest absolute Gasteiger partial charge is 0.171 e. The van der Waals surface area contributed by atoms with Crippen molar-refractivity contribution in [2.24, 2.45) is 5.92 Å². The first-order valence-electron chi connectivity index (χ1n) is 7.82. The molecule has 2 nitrogen and oxygen atoms in total. The normalized spacial score (nSPS) is 19.3. The molecule has 1 aromatic carbocycles. The molecule has 2 saturated carbocycles. The van der Waals surface area contributed by atoms with Crippen LogP contribution in [0.1, 0.15) is 50.5 Å². The van der Waals surface area contributed by atoms with Crippen LogP contribution in [0.3, 0.4) is 0 Å². The monoisotopic (exact) mass is 278 g/mol. The molecule has 0 unspecified atom stereocenters. The van der Waals surface area contributed by atoms with Gasteiger partial charge in [-0.15, -0.1) is 0 Å². The van der Waals surface area contributed by atoms with Crippen molar-refractivity contribution in [3.8, 4) is 11.5 Å². The molecule has 20 heavy (non-hydrogen) atoms. The lowest BCUT2D eigenvalue weighted by molar-refractivity contribution is 0.199. The summed E-state index contributed by atoms with van der Waals surface area (Å²) in [5.74, 6) is 1.61. The molecule has 0 aliphatic heterocycles. The summed E-state index contributed by atoms with van der Waals surface area (Å²) < 4.78 is 25.8. The predicted molar refractivity (Wildman–Crippen MR) is 76.9 cm³/mol. The average Bonchev–Trinajstić information content (AvgIpc) is 3.12. The van der Waals surface area contributed by atoms with Crippen LogP contribution in [0, 0.1) is 18.7 Å². The molecule has 0 radical (unpaired) electrons. The second-order valence-corrected chi connectivity index (χ2v) is 6.11. The van der Waals surface area contributed by atoms with Crippen LogP contribution in [0.15, 0.2) is 12.1 Å². The maximum absolute atomic E-state index is 14.3. The van der Waals surface area contributed by atoms with Gasteiger partial charge < -0.3 is 9.47 Å². The van der Waals surface area contributed by atoms with Gasteiger partial charge in [0.05, 0.1) is 12.7 Å². The Morgan fingerprint density at radius 1 is 1.10 bits per heavy atom. The summed E-state index contributed by atoms with van der Waals surface area (Å²) in [5, 5.41) is 0. The minimum absolute atomic E-state index is 0.186. The molecule has 0 amide bonds. The van der Waals surface area contributed by atoms with Gasteiger partial charge in [0.1, 0.15) is 5.75 Å². The van der Waals surface area contributed by atoms with E-state index in [0.29, 0.717) is 23.7 Å². The van der Waals surface area contributed by atoms with Crippen molar-refractivity contribution in [3.05, 3.63) is 23.5 Å². The fourth-order valence-electron chi connectivity index (χ4n) is 2.82. The number of rotatable bonds is 6. The highest BCUT2D eigenvalue weighted by molar-refractivity contribution is 5.41. The Bertz CT molecular complexity index is 462. The summed E-state index contributed by atoms with van der Waals surface area (Å²) in [5.41, 5.74) is 0.566. The number of ether oxygens (including phenoxy) is 2. The van der Waals surface area contributed by atoms with E-state index in [1.165, 1.54) is 25.7 Å². The van der Waals surface area contributed by atoms with E-state index >= 15 is 0 Å². The average molecular weight is 278 g/mol. The summed E-state index contributed by atoms with van der Waals surface area (Å²) >= 11 is 0. The van der Waals surface area contributed by atoms with Crippen LogP contribution < -0.4 is 9.47 Å². The SMILES string of the molecule is Cc1c(OCCC2CC2)ccc(OC2CCCC2)c1F. The Balaban J connectivity index is 1.62. The minimum atomic E-state index is -0.263. The summed E-state index contributed by atoms with van der Waals surface area (Å²) in [6.45, 7) is 2.46. The fourth-order valence-corrected chi connectivity index (χ4v) is 2.82. The quantitative estimate of drug-likeness (QED) is 0.755. The molecule has 0 N–H and O–H groups in total. The van der Waals surface area contributed by atoms with Gasteiger partial charge in [0.2, 0.25) is 0 Å². The Morgan fingerprint density at radius 2 is 1.80 bits per heavy atom. The second kappa shape index (κ2) is 6.02. The molecule has 0 bridgehead atoms.